The van der Waals surface area contributed by atoms with Gasteiger partial charge in [-0.2, -0.15) is 4.31 Å². The van der Waals surface area contributed by atoms with Gasteiger partial charge in [0.2, 0.25) is 10.0 Å². The molecule has 2 heterocycles. The van der Waals surface area contributed by atoms with Gasteiger partial charge in [-0.1, -0.05) is 23.5 Å². The fourth-order valence-corrected chi connectivity index (χ4v) is 6.83. The van der Waals surface area contributed by atoms with Crippen molar-refractivity contribution in [1.82, 2.24) is 14.2 Å². The predicted octanol–water partition coefficient (Wildman–Crippen LogP) is 4.03. The molecule has 0 N–H and O–H groups in total. The van der Waals surface area contributed by atoms with Gasteiger partial charge in [0.1, 0.15) is 0 Å². The zero-order valence-corrected chi connectivity index (χ0v) is 23.6. The number of thiazole rings is 1. The Bertz CT molecular complexity index is 1300. The van der Waals surface area contributed by atoms with Crippen LogP contribution in [-0.4, -0.2) is 81.0 Å². The maximum atomic E-state index is 13.6. The monoisotopic (exact) mass is 552 g/mol. The molecule has 0 saturated carbocycles. The number of carbonyl (C=O) groups excluding carboxylic acids is 1. The van der Waals surface area contributed by atoms with Crippen molar-refractivity contribution in [3.63, 3.8) is 0 Å². The van der Waals surface area contributed by atoms with Crippen molar-refractivity contribution in [2.45, 2.75) is 37.9 Å². The first kappa shape index (κ1) is 28.5. The third kappa shape index (κ3) is 6.07. The van der Waals surface area contributed by atoms with Crippen LogP contribution < -0.4 is 4.90 Å². The normalized spacial score (nSPS) is 18.8. The maximum Gasteiger partial charge on any atom is 0.260 e. The second-order valence-corrected chi connectivity index (χ2v) is 12.2. The molecule has 2 aromatic carbocycles. The Hall–Kier alpha value is -2.08. The lowest BCUT2D eigenvalue weighted by Gasteiger charge is -2.34. The zero-order chi connectivity index (χ0) is 25.3. The lowest BCUT2D eigenvalue weighted by atomic mass is 10.2. The number of amides is 1. The number of benzene rings is 2. The number of hydrogen-bond acceptors (Lipinski definition) is 7. The van der Waals surface area contributed by atoms with E-state index in [0.29, 0.717) is 36.9 Å². The summed E-state index contributed by atoms with van der Waals surface area (Å²) in [4.78, 5) is 22.2. The number of morpholine rings is 1. The highest BCUT2D eigenvalue weighted by molar-refractivity contribution is 7.89. The van der Waals surface area contributed by atoms with Crippen LogP contribution in [0.25, 0.3) is 10.2 Å². The first-order valence-electron chi connectivity index (χ1n) is 11.6. The third-order valence-electron chi connectivity index (χ3n) is 5.98. The molecular weight excluding hydrogens is 520 g/mol. The van der Waals surface area contributed by atoms with E-state index < -0.39 is 10.0 Å². The number of sulfonamides is 1. The van der Waals surface area contributed by atoms with Crippen molar-refractivity contribution in [3.8, 4) is 0 Å². The molecule has 4 rings (SSSR count). The Labute approximate surface area is 223 Å². The number of hydrogen-bond donors (Lipinski definition) is 0. The molecule has 1 aliphatic rings. The van der Waals surface area contributed by atoms with Crippen molar-refractivity contribution in [2.24, 2.45) is 0 Å². The minimum absolute atomic E-state index is 0. The van der Waals surface area contributed by atoms with Crippen molar-refractivity contribution in [2.75, 3.05) is 45.2 Å². The molecule has 2 atom stereocenters. The summed E-state index contributed by atoms with van der Waals surface area (Å²) in [6.07, 6.45) is -0.339. The molecule has 8 nitrogen and oxygen atoms in total. The highest BCUT2D eigenvalue weighted by Gasteiger charge is 2.32. The molecule has 1 aliphatic heterocycles. The van der Waals surface area contributed by atoms with Gasteiger partial charge in [-0.25, -0.2) is 13.4 Å². The van der Waals surface area contributed by atoms with Gasteiger partial charge in [0.05, 0.1) is 27.3 Å². The number of fused-ring (bicyclic) bond motifs is 1. The molecule has 2 unspecified atom stereocenters. The van der Waals surface area contributed by atoms with Crippen LogP contribution in [-0.2, 0) is 14.8 Å². The molecule has 11 heteroatoms. The molecule has 0 bridgehead atoms. The van der Waals surface area contributed by atoms with E-state index in [1.54, 1.807) is 17.0 Å². The van der Waals surface area contributed by atoms with Crippen molar-refractivity contribution >= 4 is 55.0 Å². The molecule has 196 valence electrons. The third-order valence-corrected chi connectivity index (χ3v) is 8.87. The number of rotatable bonds is 7. The number of nitrogens with zero attached hydrogens (tertiary/aromatic N) is 4. The summed E-state index contributed by atoms with van der Waals surface area (Å²) in [6.45, 7) is 7.49. The summed E-state index contributed by atoms with van der Waals surface area (Å²) in [7, 11) is 0.238. The van der Waals surface area contributed by atoms with Crippen LogP contribution in [0, 0.1) is 6.92 Å². The average molecular weight is 553 g/mol. The highest BCUT2D eigenvalue weighted by Crippen LogP contribution is 2.31. The van der Waals surface area contributed by atoms with Gasteiger partial charge < -0.3 is 9.64 Å². The van der Waals surface area contributed by atoms with Gasteiger partial charge in [-0.15, -0.1) is 12.4 Å². The van der Waals surface area contributed by atoms with Gasteiger partial charge in [-0.3, -0.25) is 9.69 Å². The highest BCUT2D eigenvalue weighted by atomic mass is 35.5. The summed E-state index contributed by atoms with van der Waals surface area (Å²) in [5.74, 6) is -0.207. The summed E-state index contributed by atoms with van der Waals surface area (Å²) in [5.41, 5.74) is 2.37. The largest absolute Gasteiger partial charge is 0.373 e. The molecule has 36 heavy (non-hydrogen) atoms. The fourth-order valence-electron chi connectivity index (χ4n) is 4.18. The second kappa shape index (κ2) is 11.5. The fraction of sp³-hybridized carbons (Fsp3) is 0.440. The van der Waals surface area contributed by atoms with Gasteiger partial charge in [0, 0.05) is 31.7 Å². The molecule has 3 aromatic rings. The van der Waals surface area contributed by atoms with E-state index in [-0.39, 0.29) is 35.4 Å². The van der Waals surface area contributed by atoms with Crippen LogP contribution in [0.5, 0.6) is 0 Å². The van der Waals surface area contributed by atoms with E-state index in [4.69, 9.17) is 9.72 Å². The number of para-hydroxylation sites is 1. The number of aryl methyl sites for hydroxylation is 1. The number of aromatic nitrogens is 1. The van der Waals surface area contributed by atoms with Crippen molar-refractivity contribution < 1.29 is 17.9 Å². The van der Waals surface area contributed by atoms with Gasteiger partial charge >= 0.3 is 0 Å². The molecule has 1 aromatic heterocycles. The summed E-state index contributed by atoms with van der Waals surface area (Å²) >= 11 is 1.48. The number of halogens is 1. The molecule has 1 fully saturated rings. The van der Waals surface area contributed by atoms with E-state index in [2.05, 4.69) is 0 Å². The number of likely N-dealkylation sites (N-methyl/N-ethyl adjacent to an activating group) is 1. The molecule has 1 saturated heterocycles. The Kier molecular flexibility index (Phi) is 9.13. The van der Waals surface area contributed by atoms with Crippen molar-refractivity contribution in [1.29, 1.82) is 0 Å². The quantitative estimate of drug-likeness (QED) is 0.440. The first-order chi connectivity index (χ1) is 16.6. The standard InChI is InChI=1S/C25H32N4O4S2.ClH/c1-17-7-6-8-22-23(17)26-25(34-22)29(14-13-27(4)5)24(30)20-9-11-21(12-10-20)35(31,32)28-15-18(2)33-19(3)16-28;/h6-12,18-19H,13-16H2,1-5H3;1H. The van der Waals surface area contributed by atoms with Crippen molar-refractivity contribution in [3.05, 3.63) is 53.6 Å². The van der Waals surface area contributed by atoms with E-state index in [1.165, 1.54) is 27.8 Å². The van der Waals surface area contributed by atoms with E-state index >= 15 is 0 Å². The van der Waals surface area contributed by atoms with Gasteiger partial charge in [0.15, 0.2) is 5.13 Å². The minimum Gasteiger partial charge on any atom is -0.373 e. The Balaban J connectivity index is 0.00000361. The predicted molar refractivity (Wildman–Crippen MR) is 147 cm³/mol. The topological polar surface area (TPSA) is 83.1 Å². The summed E-state index contributed by atoms with van der Waals surface area (Å²) < 4.78 is 34.5. The molecule has 0 radical (unpaired) electrons. The molecule has 0 aliphatic carbocycles. The molecule has 0 spiro atoms. The average Bonchev–Trinajstić information content (AvgIpc) is 3.24. The Morgan fingerprint density at radius 3 is 2.31 bits per heavy atom. The summed E-state index contributed by atoms with van der Waals surface area (Å²) in [6, 6.07) is 12.2. The SMILES string of the molecule is Cc1cccc2sc(N(CCN(C)C)C(=O)c3ccc(S(=O)(=O)N4CC(C)OC(C)C4)cc3)nc12.Cl. The van der Waals surface area contributed by atoms with E-state index in [9.17, 15) is 13.2 Å². The van der Waals surface area contributed by atoms with Gasteiger partial charge in [-0.05, 0) is 70.8 Å². The molecular formula is C25H33ClN4O4S2. The maximum absolute atomic E-state index is 13.6. The van der Waals surface area contributed by atoms with Crippen LogP contribution >= 0.6 is 23.7 Å². The summed E-state index contributed by atoms with van der Waals surface area (Å²) in [5, 5.41) is 0.633. The lowest BCUT2D eigenvalue weighted by molar-refractivity contribution is -0.0440. The smallest absolute Gasteiger partial charge is 0.260 e. The van der Waals surface area contributed by atoms with Crippen LogP contribution in [0.3, 0.4) is 0 Å². The van der Waals surface area contributed by atoms with Crippen LogP contribution in [0.2, 0.25) is 0 Å². The van der Waals surface area contributed by atoms with E-state index in [1.807, 2.05) is 58.0 Å². The van der Waals surface area contributed by atoms with E-state index in [0.717, 1.165) is 15.8 Å². The Morgan fingerprint density at radius 1 is 1.08 bits per heavy atom. The zero-order valence-electron chi connectivity index (χ0n) is 21.2. The van der Waals surface area contributed by atoms with Crippen LogP contribution in [0.15, 0.2) is 47.4 Å². The number of carbonyl (C=O) groups is 1. The second-order valence-electron chi connectivity index (χ2n) is 9.28. The Morgan fingerprint density at radius 2 is 1.72 bits per heavy atom. The number of ether oxygens (including phenoxy) is 1. The van der Waals surface area contributed by atoms with Crippen LogP contribution in [0.4, 0.5) is 5.13 Å². The van der Waals surface area contributed by atoms with Crippen LogP contribution in [0.1, 0.15) is 29.8 Å². The lowest BCUT2D eigenvalue weighted by Crippen LogP contribution is -2.48. The van der Waals surface area contributed by atoms with Gasteiger partial charge in [0.25, 0.3) is 5.91 Å². The first-order valence-corrected chi connectivity index (χ1v) is 13.9. The minimum atomic E-state index is -3.67. The number of anilines is 1. The molecule has 1 amide bonds.